The smallest absolute Gasteiger partial charge is 0.295 e. The number of halogens is 2. The number of Topliss-reactive ketones (excluding diaryl/α,β-unsaturated/α-hetero) is 1. The molecule has 0 saturated carbocycles. The number of benzene rings is 2. The number of ether oxygens (including phenoxy) is 2. The van der Waals surface area contributed by atoms with Gasteiger partial charge >= 0.3 is 0 Å². The number of rotatable bonds is 8. The number of methoxy groups -OCH3 is 2. The van der Waals surface area contributed by atoms with Gasteiger partial charge in [-0.15, -0.1) is 0 Å². The predicted molar refractivity (Wildman–Crippen MR) is 127 cm³/mol. The maximum atomic E-state index is 14.3. The molecule has 2 aromatic rings. The highest BCUT2D eigenvalue weighted by atomic mass is 79.9. The zero-order valence-electron chi connectivity index (χ0n) is 19.3. The molecule has 1 aliphatic heterocycles. The zero-order valence-corrected chi connectivity index (χ0v) is 20.8. The van der Waals surface area contributed by atoms with E-state index in [9.17, 15) is 24.2 Å². The van der Waals surface area contributed by atoms with Crippen LogP contribution in [0.3, 0.4) is 0 Å². The average Bonchev–Trinajstić information content (AvgIpc) is 3.05. The van der Waals surface area contributed by atoms with Crippen molar-refractivity contribution in [2.24, 2.45) is 0 Å². The van der Waals surface area contributed by atoms with Crippen LogP contribution in [0.25, 0.3) is 5.76 Å². The number of aliphatic hydroxyl groups is 1. The van der Waals surface area contributed by atoms with Gasteiger partial charge < -0.3 is 29.5 Å². The molecule has 2 N–H and O–H groups in total. The first-order valence-electron chi connectivity index (χ1n) is 10.4. The maximum absolute atomic E-state index is 14.3. The van der Waals surface area contributed by atoms with Gasteiger partial charge in [0, 0.05) is 12.1 Å². The van der Waals surface area contributed by atoms with Crippen LogP contribution < -0.4 is 9.47 Å². The number of aliphatic hydroxyl groups excluding tert-OH is 1. The van der Waals surface area contributed by atoms with Gasteiger partial charge in [0.2, 0.25) is 0 Å². The number of hydrogen-bond donors (Lipinski definition) is 2. The minimum atomic E-state index is -0.974. The molecule has 1 unspecified atom stereocenters. The molecule has 34 heavy (non-hydrogen) atoms. The summed E-state index contributed by atoms with van der Waals surface area (Å²) < 4.78 is 24.8. The minimum absolute atomic E-state index is 0.0237. The molecule has 1 heterocycles. The van der Waals surface area contributed by atoms with Crippen LogP contribution in [0.15, 0.2) is 40.4 Å². The number of phenolic OH excluding ortho intramolecular Hbond substituents is 1. The van der Waals surface area contributed by atoms with E-state index in [0.717, 1.165) is 6.07 Å². The average molecular weight is 537 g/mol. The fourth-order valence-electron chi connectivity index (χ4n) is 3.89. The molecule has 8 nitrogen and oxygen atoms in total. The van der Waals surface area contributed by atoms with Crippen LogP contribution in [0.2, 0.25) is 0 Å². The second kappa shape index (κ2) is 10.4. The number of carbonyl (C=O) groups is 2. The first-order chi connectivity index (χ1) is 16.1. The van der Waals surface area contributed by atoms with Crippen molar-refractivity contribution in [3.05, 3.63) is 57.3 Å². The molecule has 0 radical (unpaired) electrons. The van der Waals surface area contributed by atoms with Crippen molar-refractivity contribution in [3.63, 3.8) is 0 Å². The standard InChI is InChI=1S/C24H26BrFN2O6/c1-27(2)8-5-9-28-20(14-10-15(25)22(30)18(12-14)34-4)19(23(31)24(28)32)21(29)13-6-7-17(33-3)16(26)11-13/h6-7,10-12,20,29-30H,5,8-9H2,1-4H3. The van der Waals surface area contributed by atoms with Crippen molar-refractivity contribution in [2.45, 2.75) is 12.5 Å². The Kier molecular flexibility index (Phi) is 7.83. The summed E-state index contributed by atoms with van der Waals surface area (Å²) in [6, 6.07) is 5.84. The zero-order chi connectivity index (χ0) is 25.2. The molecule has 0 bridgehead atoms. The number of phenols is 1. The minimum Gasteiger partial charge on any atom is -0.507 e. The van der Waals surface area contributed by atoms with Gasteiger partial charge in [-0.2, -0.15) is 0 Å². The van der Waals surface area contributed by atoms with Gasteiger partial charge in [-0.3, -0.25) is 9.59 Å². The van der Waals surface area contributed by atoms with Gasteiger partial charge in [-0.05, 0) is 78.9 Å². The summed E-state index contributed by atoms with van der Waals surface area (Å²) in [6.45, 7) is 0.907. The Hall–Kier alpha value is -3.11. The van der Waals surface area contributed by atoms with Gasteiger partial charge in [0.15, 0.2) is 23.1 Å². The van der Waals surface area contributed by atoms with Crippen LogP contribution in [-0.4, -0.2) is 73.1 Å². The van der Waals surface area contributed by atoms with Gasteiger partial charge in [-0.25, -0.2) is 4.39 Å². The van der Waals surface area contributed by atoms with E-state index in [1.54, 1.807) is 6.07 Å². The predicted octanol–water partition coefficient (Wildman–Crippen LogP) is 3.68. The largest absolute Gasteiger partial charge is 0.507 e. The Morgan fingerprint density at radius 3 is 2.41 bits per heavy atom. The van der Waals surface area contributed by atoms with E-state index < -0.39 is 29.3 Å². The molecular formula is C24H26BrFN2O6. The second-order valence-corrected chi connectivity index (χ2v) is 8.91. The first-order valence-corrected chi connectivity index (χ1v) is 11.2. The van der Waals surface area contributed by atoms with Crippen LogP contribution in [0.5, 0.6) is 17.2 Å². The van der Waals surface area contributed by atoms with Crippen molar-refractivity contribution in [1.82, 2.24) is 9.80 Å². The first kappa shape index (κ1) is 25.5. The summed E-state index contributed by atoms with van der Waals surface area (Å²) in [5.74, 6) is -2.94. The molecule has 1 atom stereocenters. The van der Waals surface area contributed by atoms with Gasteiger partial charge in [0.1, 0.15) is 5.76 Å². The van der Waals surface area contributed by atoms with Crippen LogP contribution >= 0.6 is 15.9 Å². The lowest BCUT2D eigenvalue weighted by atomic mass is 9.94. The van der Waals surface area contributed by atoms with E-state index in [0.29, 0.717) is 18.5 Å². The van der Waals surface area contributed by atoms with Gasteiger partial charge in [0.25, 0.3) is 11.7 Å². The molecule has 3 rings (SSSR count). The molecule has 1 saturated heterocycles. The van der Waals surface area contributed by atoms with Crippen molar-refractivity contribution < 1.29 is 33.7 Å². The SMILES string of the molecule is COc1ccc(C(O)=C2C(=O)C(=O)N(CCCN(C)C)C2c2cc(Br)c(O)c(OC)c2)cc1F. The molecule has 1 fully saturated rings. The quantitative estimate of drug-likeness (QED) is 0.301. The monoisotopic (exact) mass is 536 g/mol. The second-order valence-electron chi connectivity index (χ2n) is 8.05. The molecule has 0 aliphatic carbocycles. The summed E-state index contributed by atoms with van der Waals surface area (Å²) in [5.41, 5.74) is 0.277. The molecular weight excluding hydrogens is 511 g/mol. The van der Waals surface area contributed by atoms with Gasteiger partial charge in [-0.1, -0.05) is 0 Å². The lowest BCUT2D eigenvalue weighted by Gasteiger charge is -2.26. The van der Waals surface area contributed by atoms with Crippen molar-refractivity contribution >= 4 is 33.4 Å². The Morgan fingerprint density at radius 1 is 1.15 bits per heavy atom. The molecule has 1 aliphatic rings. The lowest BCUT2D eigenvalue weighted by Crippen LogP contribution is -2.32. The molecule has 1 amide bonds. The topological polar surface area (TPSA) is 99.5 Å². The van der Waals surface area contributed by atoms with E-state index in [1.807, 2.05) is 19.0 Å². The Morgan fingerprint density at radius 2 is 1.82 bits per heavy atom. The Labute approximate surface area is 205 Å². The summed E-state index contributed by atoms with van der Waals surface area (Å²) in [7, 11) is 6.48. The molecule has 182 valence electrons. The van der Waals surface area contributed by atoms with Crippen LogP contribution in [-0.2, 0) is 9.59 Å². The van der Waals surface area contributed by atoms with E-state index in [1.165, 1.54) is 37.3 Å². The molecule has 2 aromatic carbocycles. The van der Waals surface area contributed by atoms with Crippen molar-refractivity contribution in [1.29, 1.82) is 0 Å². The third-order valence-corrected chi connectivity index (χ3v) is 6.16. The summed E-state index contributed by atoms with van der Waals surface area (Å²) in [5, 5.41) is 21.3. The molecule has 10 heteroatoms. The fourth-order valence-corrected chi connectivity index (χ4v) is 4.35. The van der Waals surface area contributed by atoms with E-state index in [-0.39, 0.29) is 39.4 Å². The van der Waals surface area contributed by atoms with Crippen molar-refractivity contribution in [3.8, 4) is 17.2 Å². The third kappa shape index (κ3) is 4.88. The van der Waals surface area contributed by atoms with E-state index >= 15 is 0 Å². The molecule has 0 spiro atoms. The number of hydrogen-bond acceptors (Lipinski definition) is 7. The highest BCUT2D eigenvalue weighted by Crippen LogP contribution is 2.44. The van der Waals surface area contributed by atoms with Crippen LogP contribution in [0.4, 0.5) is 4.39 Å². The summed E-state index contributed by atoms with van der Waals surface area (Å²) >= 11 is 3.27. The lowest BCUT2D eigenvalue weighted by molar-refractivity contribution is -0.139. The highest BCUT2D eigenvalue weighted by molar-refractivity contribution is 9.10. The third-order valence-electron chi connectivity index (χ3n) is 5.56. The van der Waals surface area contributed by atoms with E-state index in [2.05, 4.69) is 15.9 Å². The summed E-state index contributed by atoms with van der Waals surface area (Å²) in [6.07, 6.45) is 0.574. The Bertz CT molecular complexity index is 1150. The van der Waals surface area contributed by atoms with E-state index in [4.69, 9.17) is 9.47 Å². The number of ketones is 1. The summed E-state index contributed by atoms with van der Waals surface area (Å²) in [4.78, 5) is 29.4. The maximum Gasteiger partial charge on any atom is 0.295 e. The fraction of sp³-hybridized carbons (Fsp3) is 0.333. The number of carbonyl (C=O) groups excluding carboxylic acids is 2. The van der Waals surface area contributed by atoms with Crippen molar-refractivity contribution in [2.75, 3.05) is 41.4 Å². The highest BCUT2D eigenvalue weighted by Gasteiger charge is 2.46. The molecule has 0 aromatic heterocycles. The van der Waals surface area contributed by atoms with Crippen LogP contribution in [0, 0.1) is 5.82 Å². The Balaban J connectivity index is 2.19. The number of amides is 1. The number of nitrogens with zero attached hydrogens (tertiary/aromatic N) is 2. The van der Waals surface area contributed by atoms with Gasteiger partial charge in [0.05, 0.1) is 30.3 Å². The van der Waals surface area contributed by atoms with Crippen LogP contribution in [0.1, 0.15) is 23.6 Å². The number of likely N-dealkylation sites (tertiary alicyclic amines) is 1. The number of aromatic hydroxyl groups is 1. The normalized spacial score (nSPS) is 17.5.